The molecule has 8 nitrogen and oxygen atoms in total. The number of rotatable bonds is 5. The molecule has 0 aliphatic carbocycles. The number of carbonyl (C=O) groups excluding carboxylic acids is 1. The molecule has 0 aromatic carbocycles. The lowest BCUT2D eigenvalue weighted by molar-refractivity contribution is 0.0606. The van der Waals surface area contributed by atoms with Gasteiger partial charge in [-0.1, -0.05) is 0 Å². The van der Waals surface area contributed by atoms with E-state index in [9.17, 15) is 13.2 Å². The quantitative estimate of drug-likeness (QED) is 0.741. The molecule has 0 amide bonds. The van der Waals surface area contributed by atoms with Gasteiger partial charge in [-0.2, -0.15) is 5.10 Å². The van der Waals surface area contributed by atoms with E-state index in [4.69, 9.17) is 0 Å². The van der Waals surface area contributed by atoms with Crippen molar-refractivity contribution in [1.29, 1.82) is 0 Å². The predicted molar refractivity (Wildman–Crippen MR) is 78.5 cm³/mol. The van der Waals surface area contributed by atoms with E-state index in [-0.39, 0.29) is 9.77 Å². The molecule has 0 spiro atoms. The van der Waals surface area contributed by atoms with E-state index in [2.05, 4.69) is 40.6 Å². The Morgan fingerprint density at radius 2 is 2.29 bits per heavy atom. The van der Waals surface area contributed by atoms with E-state index >= 15 is 0 Å². The maximum Gasteiger partial charge on any atom is 0.348 e. The lowest BCUT2D eigenvalue weighted by Crippen LogP contribution is -2.27. The van der Waals surface area contributed by atoms with Crippen LogP contribution in [-0.4, -0.2) is 36.7 Å². The SMILES string of the molecule is COC(=O)c1cc(S(=O)(=O)NC(C)c2ncn[nH]2)c(Br)s1. The first-order valence-electron chi connectivity index (χ1n) is 5.60. The topological polar surface area (TPSA) is 114 Å². The van der Waals surface area contributed by atoms with Crippen LogP contribution in [0.2, 0.25) is 0 Å². The number of ether oxygens (including phenoxy) is 1. The summed E-state index contributed by atoms with van der Waals surface area (Å²) in [6.45, 7) is 1.62. The van der Waals surface area contributed by atoms with Crippen LogP contribution in [0.3, 0.4) is 0 Å². The molecule has 1 atom stereocenters. The minimum atomic E-state index is -3.82. The second-order valence-electron chi connectivity index (χ2n) is 3.95. The summed E-state index contributed by atoms with van der Waals surface area (Å²) in [5.41, 5.74) is 0. The third-order valence-corrected chi connectivity index (χ3v) is 6.28. The van der Waals surface area contributed by atoms with Crippen LogP contribution in [0, 0.1) is 0 Å². The summed E-state index contributed by atoms with van der Waals surface area (Å²) in [4.78, 5) is 15.5. The van der Waals surface area contributed by atoms with Gasteiger partial charge >= 0.3 is 5.97 Å². The van der Waals surface area contributed by atoms with E-state index in [1.807, 2.05) is 0 Å². The van der Waals surface area contributed by atoms with Crippen molar-refractivity contribution in [3.63, 3.8) is 0 Å². The van der Waals surface area contributed by atoms with Crippen molar-refractivity contribution < 1.29 is 17.9 Å². The molecule has 0 radical (unpaired) electrons. The van der Waals surface area contributed by atoms with Crippen LogP contribution in [0.15, 0.2) is 21.1 Å². The third-order valence-electron chi connectivity index (χ3n) is 2.51. The molecule has 2 heterocycles. The summed E-state index contributed by atoms with van der Waals surface area (Å²) in [5, 5.41) is 6.25. The number of esters is 1. The zero-order chi connectivity index (χ0) is 15.6. The fourth-order valence-electron chi connectivity index (χ4n) is 1.51. The van der Waals surface area contributed by atoms with Crippen LogP contribution in [-0.2, 0) is 14.8 Å². The van der Waals surface area contributed by atoms with E-state index in [1.54, 1.807) is 6.92 Å². The summed E-state index contributed by atoms with van der Waals surface area (Å²) in [6, 6.07) is 0.668. The van der Waals surface area contributed by atoms with Gasteiger partial charge in [-0.05, 0) is 28.9 Å². The number of nitrogens with zero attached hydrogens (tertiary/aromatic N) is 2. The summed E-state index contributed by atoms with van der Waals surface area (Å²) in [7, 11) is -2.59. The molecule has 2 rings (SSSR count). The molecule has 11 heteroatoms. The van der Waals surface area contributed by atoms with Crippen molar-refractivity contribution in [2.75, 3.05) is 7.11 Å². The van der Waals surface area contributed by atoms with E-state index in [1.165, 1.54) is 19.5 Å². The largest absolute Gasteiger partial charge is 0.465 e. The highest BCUT2D eigenvalue weighted by atomic mass is 79.9. The lowest BCUT2D eigenvalue weighted by atomic mass is 10.3. The summed E-state index contributed by atoms with van der Waals surface area (Å²) in [5.74, 6) is -0.205. The molecule has 0 saturated heterocycles. The standard InChI is InChI=1S/C10H11BrN4O4S2/c1-5(9-12-4-13-14-9)15-21(17,18)7-3-6(10(16)19-2)20-8(7)11/h3-5,15H,1-2H3,(H,12,13,14). The van der Waals surface area contributed by atoms with Crippen molar-refractivity contribution in [3.8, 4) is 0 Å². The molecule has 21 heavy (non-hydrogen) atoms. The Kier molecular flexibility index (Phi) is 4.76. The second-order valence-corrected chi connectivity index (χ2v) is 8.01. The van der Waals surface area contributed by atoms with E-state index in [0.717, 1.165) is 11.3 Å². The van der Waals surface area contributed by atoms with Crippen LogP contribution < -0.4 is 4.72 Å². The Balaban J connectivity index is 2.27. The molecule has 1 unspecified atom stereocenters. The van der Waals surface area contributed by atoms with Crippen molar-refractivity contribution in [3.05, 3.63) is 26.9 Å². The molecular formula is C10H11BrN4O4S2. The Morgan fingerprint density at radius 1 is 1.57 bits per heavy atom. The second kappa shape index (κ2) is 6.22. The number of sulfonamides is 1. The number of thiophene rings is 1. The molecule has 0 aliphatic rings. The van der Waals surface area contributed by atoms with Gasteiger partial charge in [0.1, 0.15) is 21.9 Å². The Bertz CT molecular complexity index is 741. The summed E-state index contributed by atoms with van der Waals surface area (Å²) < 4.78 is 32.0. The van der Waals surface area contributed by atoms with Crippen LogP contribution in [0.1, 0.15) is 28.5 Å². The van der Waals surface area contributed by atoms with Gasteiger partial charge in [0.25, 0.3) is 0 Å². The van der Waals surface area contributed by atoms with Crippen LogP contribution in [0.4, 0.5) is 0 Å². The number of hydrogen-bond acceptors (Lipinski definition) is 7. The molecule has 114 valence electrons. The fraction of sp³-hybridized carbons (Fsp3) is 0.300. The van der Waals surface area contributed by atoms with Crippen molar-refractivity contribution >= 4 is 43.3 Å². The molecule has 0 aliphatic heterocycles. The van der Waals surface area contributed by atoms with Gasteiger partial charge in [0, 0.05) is 0 Å². The number of aromatic amines is 1. The molecule has 0 saturated carbocycles. The fourth-order valence-corrected chi connectivity index (χ4v) is 5.20. The predicted octanol–water partition coefficient (Wildman–Crippen LogP) is 1.45. The van der Waals surface area contributed by atoms with Crippen molar-refractivity contribution in [2.24, 2.45) is 0 Å². The first-order valence-corrected chi connectivity index (χ1v) is 8.69. The molecule has 2 aromatic heterocycles. The third kappa shape index (κ3) is 3.48. The molecular weight excluding hydrogens is 384 g/mol. The minimum Gasteiger partial charge on any atom is -0.465 e. The van der Waals surface area contributed by atoms with Gasteiger partial charge in [-0.25, -0.2) is 22.9 Å². The normalized spacial score (nSPS) is 13.1. The smallest absolute Gasteiger partial charge is 0.348 e. The lowest BCUT2D eigenvalue weighted by Gasteiger charge is -2.10. The first-order chi connectivity index (χ1) is 9.85. The van der Waals surface area contributed by atoms with Gasteiger partial charge < -0.3 is 4.74 Å². The van der Waals surface area contributed by atoms with Crippen molar-refractivity contribution in [1.82, 2.24) is 19.9 Å². The number of nitrogens with one attached hydrogen (secondary N) is 2. The van der Waals surface area contributed by atoms with E-state index < -0.39 is 22.0 Å². The number of aromatic nitrogens is 3. The monoisotopic (exact) mass is 394 g/mol. The minimum absolute atomic E-state index is 0.0285. The Morgan fingerprint density at radius 3 is 2.86 bits per heavy atom. The highest BCUT2D eigenvalue weighted by molar-refractivity contribution is 9.11. The average molecular weight is 395 g/mol. The zero-order valence-corrected chi connectivity index (χ0v) is 14.2. The maximum absolute atomic E-state index is 12.3. The first kappa shape index (κ1) is 16.1. The average Bonchev–Trinajstić information content (AvgIpc) is 3.06. The van der Waals surface area contributed by atoms with Gasteiger partial charge in [0.2, 0.25) is 10.0 Å². The van der Waals surface area contributed by atoms with Gasteiger partial charge in [-0.15, -0.1) is 11.3 Å². The van der Waals surface area contributed by atoms with Crippen LogP contribution >= 0.6 is 27.3 Å². The molecule has 2 aromatic rings. The molecule has 2 N–H and O–H groups in total. The summed E-state index contributed by atoms with van der Waals surface area (Å²) in [6.07, 6.45) is 1.29. The number of carbonyl (C=O) groups is 1. The van der Waals surface area contributed by atoms with Gasteiger partial charge in [0.15, 0.2) is 0 Å². The molecule has 0 fully saturated rings. The summed E-state index contributed by atoms with van der Waals surface area (Å²) >= 11 is 4.13. The van der Waals surface area contributed by atoms with Gasteiger partial charge in [0.05, 0.1) is 16.9 Å². The van der Waals surface area contributed by atoms with Crippen LogP contribution in [0.25, 0.3) is 0 Å². The Labute approximate surface area is 133 Å². The van der Waals surface area contributed by atoms with Crippen LogP contribution in [0.5, 0.6) is 0 Å². The Hall–Kier alpha value is -1.30. The van der Waals surface area contributed by atoms with Crippen molar-refractivity contribution in [2.45, 2.75) is 17.9 Å². The highest BCUT2D eigenvalue weighted by Gasteiger charge is 2.26. The molecule has 0 bridgehead atoms. The highest BCUT2D eigenvalue weighted by Crippen LogP contribution is 2.32. The number of methoxy groups -OCH3 is 1. The maximum atomic E-state index is 12.3. The van der Waals surface area contributed by atoms with E-state index in [0.29, 0.717) is 9.61 Å². The zero-order valence-electron chi connectivity index (χ0n) is 11.0. The number of hydrogen-bond donors (Lipinski definition) is 2. The number of halogens is 1. The van der Waals surface area contributed by atoms with Gasteiger partial charge in [-0.3, -0.25) is 5.10 Å². The number of H-pyrrole nitrogens is 1.